The fourth-order valence-corrected chi connectivity index (χ4v) is 3.70. The van der Waals surface area contributed by atoms with Gasteiger partial charge in [-0.1, -0.05) is 85.6 Å². The number of benzene rings is 2. The van der Waals surface area contributed by atoms with Crippen molar-refractivity contribution in [2.45, 2.75) is 52.2 Å². The Balaban J connectivity index is 1.72. The van der Waals surface area contributed by atoms with E-state index in [2.05, 4.69) is 12.1 Å². The molecule has 6 nitrogen and oxygen atoms in total. The van der Waals surface area contributed by atoms with Gasteiger partial charge in [0.05, 0.1) is 17.7 Å². The molecular formula is C25H30N2O4. The lowest BCUT2D eigenvalue weighted by Crippen LogP contribution is -2.45. The summed E-state index contributed by atoms with van der Waals surface area (Å²) in [5, 5.41) is 4.22. The van der Waals surface area contributed by atoms with Gasteiger partial charge in [0.25, 0.3) is 0 Å². The number of imide groups is 1. The van der Waals surface area contributed by atoms with Gasteiger partial charge in [0.15, 0.2) is 0 Å². The first-order valence-corrected chi connectivity index (χ1v) is 10.8. The summed E-state index contributed by atoms with van der Waals surface area (Å²) in [4.78, 5) is 32.6. The Kier molecular flexibility index (Phi) is 8.21. The summed E-state index contributed by atoms with van der Waals surface area (Å²) in [6.07, 6.45) is 2.40. The van der Waals surface area contributed by atoms with E-state index in [1.165, 1.54) is 4.90 Å². The summed E-state index contributed by atoms with van der Waals surface area (Å²) >= 11 is 0. The monoisotopic (exact) mass is 422 g/mol. The van der Waals surface area contributed by atoms with Crippen LogP contribution < -0.4 is 0 Å². The summed E-state index contributed by atoms with van der Waals surface area (Å²) in [5.41, 5.74) is 2.64. The van der Waals surface area contributed by atoms with Gasteiger partial charge in [-0.15, -0.1) is 0 Å². The summed E-state index contributed by atoms with van der Waals surface area (Å²) in [5.74, 6) is -0.777. The molecule has 2 aromatic carbocycles. The van der Waals surface area contributed by atoms with Crippen LogP contribution in [0.4, 0.5) is 4.79 Å². The Morgan fingerprint density at radius 2 is 1.77 bits per heavy atom. The van der Waals surface area contributed by atoms with E-state index >= 15 is 0 Å². The zero-order valence-electron chi connectivity index (χ0n) is 18.2. The van der Waals surface area contributed by atoms with Crippen molar-refractivity contribution < 1.29 is 19.2 Å². The minimum absolute atomic E-state index is 0.209. The minimum atomic E-state index is -0.578. The van der Waals surface area contributed by atoms with Crippen molar-refractivity contribution in [1.82, 2.24) is 4.90 Å². The Hall–Kier alpha value is -3.15. The van der Waals surface area contributed by atoms with Gasteiger partial charge in [0, 0.05) is 0 Å². The average Bonchev–Trinajstić information content (AvgIpc) is 3.15. The van der Waals surface area contributed by atoms with E-state index in [1.54, 1.807) is 6.92 Å². The third-order valence-electron chi connectivity index (χ3n) is 5.44. The second-order valence-corrected chi connectivity index (χ2v) is 7.82. The molecule has 0 spiro atoms. The lowest BCUT2D eigenvalue weighted by Gasteiger charge is -2.25. The Morgan fingerprint density at radius 1 is 1.13 bits per heavy atom. The lowest BCUT2D eigenvalue weighted by molar-refractivity contribution is -0.131. The summed E-state index contributed by atoms with van der Waals surface area (Å²) in [7, 11) is 0. The van der Waals surface area contributed by atoms with Gasteiger partial charge in [-0.3, -0.25) is 4.79 Å². The second-order valence-electron chi connectivity index (χ2n) is 7.82. The predicted molar refractivity (Wildman–Crippen MR) is 119 cm³/mol. The minimum Gasteiger partial charge on any atom is -0.447 e. The van der Waals surface area contributed by atoms with E-state index in [1.807, 2.05) is 60.7 Å². The normalized spacial score (nSPS) is 17.4. The number of hydrogen-bond donors (Lipinski definition) is 0. The molecule has 1 aliphatic rings. The molecule has 0 aromatic heterocycles. The molecule has 0 unspecified atom stereocenters. The molecule has 164 valence electrons. The van der Waals surface area contributed by atoms with E-state index in [-0.39, 0.29) is 18.6 Å². The Labute approximate surface area is 183 Å². The molecule has 0 N–H and O–H groups in total. The highest BCUT2D eigenvalue weighted by molar-refractivity contribution is 6.07. The highest BCUT2D eigenvalue weighted by atomic mass is 16.6. The van der Waals surface area contributed by atoms with Gasteiger partial charge < -0.3 is 9.57 Å². The third kappa shape index (κ3) is 6.17. The van der Waals surface area contributed by atoms with Crippen LogP contribution in [-0.2, 0) is 27.4 Å². The third-order valence-corrected chi connectivity index (χ3v) is 5.44. The molecule has 6 heteroatoms. The van der Waals surface area contributed by atoms with E-state index in [0.29, 0.717) is 25.2 Å². The van der Waals surface area contributed by atoms with Crippen molar-refractivity contribution >= 4 is 17.7 Å². The fourth-order valence-electron chi connectivity index (χ4n) is 3.70. The quantitative estimate of drug-likeness (QED) is 0.400. The van der Waals surface area contributed by atoms with E-state index in [4.69, 9.17) is 9.57 Å². The van der Waals surface area contributed by atoms with Gasteiger partial charge in [-0.25, -0.2) is 9.69 Å². The van der Waals surface area contributed by atoms with Crippen LogP contribution in [-0.4, -0.2) is 35.3 Å². The van der Waals surface area contributed by atoms with Gasteiger partial charge in [0.2, 0.25) is 5.91 Å². The molecule has 2 amide bonds. The number of carbonyl (C=O) groups excluding carboxylic acids is 2. The van der Waals surface area contributed by atoms with Crippen LogP contribution in [0.2, 0.25) is 0 Å². The number of rotatable bonds is 10. The first kappa shape index (κ1) is 22.5. The number of oxime groups is 1. The zero-order valence-corrected chi connectivity index (χ0v) is 18.2. The standard InChI is InChI=1S/C25H30N2O4/c1-3-4-15-23(19(2)26-31-17-21-13-9-6-10-14-21)24(28)27-22(18-30-25(27)29)16-20-11-7-5-8-12-20/h5-14,22-23H,3-4,15-18H2,1-2H3/b26-19+/t22-,23+/m0/s1. The second kappa shape index (κ2) is 11.3. The predicted octanol–water partition coefficient (Wildman–Crippen LogP) is 4.98. The summed E-state index contributed by atoms with van der Waals surface area (Å²) < 4.78 is 5.24. The largest absolute Gasteiger partial charge is 0.447 e. The SMILES string of the molecule is CCCC[C@@H](C(=O)N1C(=O)OC[C@@H]1Cc1ccccc1)/C(C)=N/OCc1ccccc1. The van der Waals surface area contributed by atoms with E-state index < -0.39 is 12.0 Å². The number of unbranched alkanes of at least 4 members (excludes halogenated alkanes) is 1. The summed E-state index contributed by atoms with van der Waals surface area (Å²) in [6.45, 7) is 4.40. The molecule has 2 aromatic rings. The summed E-state index contributed by atoms with van der Waals surface area (Å²) in [6, 6.07) is 19.2. The molecule has 1 heterocycles. The Morgan fingerprint density at radius 3 is 2.42 bits per heavy atom. The van der Waals surface area contributed by atoms with E-state index in [0.717, 1.165) is 24.0 Å². The van der Waals surface area contributed by atoms with E-state index in [9.17, 15) is 9.59 Å². The zero-order chi connectivity index (χ0) is 22.1. The molecule has 1 fully saturated rings. The van der Waals surface area contributed by atoms with Crippen molar-refractivity contribution in [1.29, 1.82) is 0 Å². The van der Waals surface area contributed by atoms with Crippen LogP contribution in [0.15, 0.2) is 65.8 Å². The van der Waals surface area contributed by atoms with Gasteiger partial charge in [-0.05, 0) is 30.9 Å². The van der Waals surface area contributed by atoms with Crippen LogP contribution in [0.5, 0.6) is 0 Å². The smallest absolute Gasteiger partial charge is 0.417 e. The molecule has 0 bridgehead atoms. The molecule has 3 rings (SSSR count). The molecule has 1 aliphatic heterocycles. The molecule has 1 saturated heterocycles. The molecule has 2 atom stereocenters. The molecule has 0 radical (unpaired) electrons. The van der Waals surface area contributed by atoms with Crippen LogP contribution in [0.25, 0.3) is 0 Å². The van der Waals surface area contributed by atoms with Crippen molar-refractivity contribution in [2.75, 3.05) is 6.61 Å². The van der Waals surface area contributed by atoms with Crippen molar-refractivity contribution in [3.05, 3.63) is 71.8 Å². The maximum Gasteiger partial charge on any atom is 0.417 e. The Bertz CT molecular complexity index is 883. The number of nitrogens with zero attached hydrogens (tertiary/aromatic N) is 2. The number of amides is 2. The van der Waals surface area contributed by atoms with Crippen LogP contribution in [0, 0.1) is 5.92 Å². The van der Waals surface area contributed by atoms with Crippen LogP contribution >= 0.6 is 0 Å². The first-order chi connectivity index (χ1) is 15.1. The van der Waals surface area contributed by atoms with Crippen molar-refractivity contribution in [3.8, 4) is 0 Å². The maximum absolute atomic E-state index is 13.4. The van der Waals surface area contributed by atoms with Gasteiger partial charge in [-0.2, -0.15) is 0 Å². The number of cyclic esters (lactones) is 1. The van der Waals surface area contributed by atoms with Crippen LogP contribution in [0.1, 0.15) is 44.2 Å². The maximum atomic E-state index is 13.4. The fraction of sp³-hybridized carbons (Fsp3) is 0.400. The number of hydrogen-bond acceptors (Lipinski definition) is 5. The van der Waals surface area contributed by atoms with Gasteiger partial charge in [0.1, 0.15) is 13.2 Å². The molecule has 0 saturated carbocycles. The highest BCUT2D eigenvalue weighted by Crippen LogP contribution is 2.23. The van der Waals surface area contributed by atoms with Gasteiger partial charge >= 0.3 is 6.09 Å². The average molecular weight is 423 g/mol. The highest BCUT2D eigenvalue weighted by Gasteiger charge is 2.41. The van der Waals surface area contributed by atoms with Crippen molar-refractivity contribution in [3.63, 3.8) is 0 Å². The molecule has 0 aliphatic carbocycles. The topological polar surface area (TPSA) is 68.2 Å². The first-order valence-electron chi connectivity index (χ1n) is 10.8. The lowest BCUT2D eigenvalue weighted by atomic mass is 9.95. The number of carbonyl (C=O) groups is 2. The van der Waals surface area contributed by atoms with Crippen LogP contribution in [0.3, 0.4) is 0 Å². The molecule has 31 heavy (non-hydrogen) atoms. The molecular weight excluding hydrogens is 392 g/mol. The number of ether oxygens (including phenoxy) is 1. The van der Waals surface area contributed by atoms with Crippen molar-refractivity contribution in [2.24, 2.45) is 11.1 Å².